The highest BCUT2D eigenvalue weighted by Gasteiger charge is 2.25. The number of carbonyl (C=O) groups is 1. The van der Waals surface area contributed by atoms with Crippen molar-refractivity contribution in [1.82, 2.24) is 4.31 Å². The number of piperidine rings is 1. The maximum Gasteiger partial charge on any atom is 0.243 e. The summed E-state index contributed by atoms with van der Waals surface area (Å²) in [5.41, 5.74) is 3.63. The number of carbonyl (C=O) groups excluding carboxylic acids is 1. The molecule has 1 heterocycles. The van der Waals surface area contributed by atoms with Crippen molar-refractivity contribution in [3.05, 3.63) is 53.6 Å². The zero-order chi connectivity index (χ0) is 20.1. The number of aryl methyl sites for hydroxylation is 2. The van der Waals surface area contributed by atoms with Crippen LogP contribution in [0.2, 0.25) is 0 Å². The van der Waals surface area contributed by atoms with Gasteiger partial charge in [-0.25, -0.2) is 8.42 Å². The van der Waals surface area contributed by atoms with Crippen LogP contribution in [0, 0.1) is 13.8 Å². The number of hydrogen-bond donors (Lipinski definition) is 2. The molecule has 0 radical (unpaired) electrons. The van der Waals surface area contributed by atoms with E-state index in [0.29, 0.717) is 18.8 Å². The van der Waals surface area contributed by atoms with E-state index >= 15 is 0 Å². The van der Waals surface area contributed by atoms with Crippen LogP contribution >= 0.6 is 0 Å². The lowest BCUT2D eigenvalue weighted by Gasteiger charge is -2.26. The molecule has 0 atom stereocenters. The van der Waals surface area contributed by atoms with Gasteiger partial charge in [0, 0.05) is 24.5 Å². The van der Waals surface area contributed by atoms with Gasteiger partial charge in [-0.15, -0.1) is 0 Å². The first-order valence-electron chi connectivity index (χ1n) is 9.57. The van der Waals surface area contributed by atoms with Crippen molar-refractivity contribution in [3.8, 4) is 0 Å². The molecule has 2 N–H and O–H groups in total. The summed E-state index contributed by atoms with van der Waals surface area (Å²) in [5.74, 6) is -0.187. The van der Waals surface area contributed by atoms with Gasteiger partial charge in [-0.1, -0.05) is 18.6 Å². The Morgan fingerprint density at radius 2 is 1.71 bits per heavy atom. The largest absolute Gasteiger partial charge is 0.376 e. The van der Waals surface area contributed by atoms with Crippen molar-refractivity contribution in [2.45, 2.75) is 38.0 Å². The molecule has 3 rings (SSSR count). The minimum atomic E-state index is -3.49. The van der Waals surface area contributed by atoms with Crippen LogP contribution in [-0.4, -0.2) is 38.3 Å². The van der Waals surface area contributed by atoms with Crippen LogP contribution in [-0.2, 0) is 14.8 Å². The lowest BCUT2D eigenvalue weighted by atomic mass is 10.1. The summed E-state index contributed by atoms with van der Waals surface area (Å²) < 4.78 is 27.1. The lowest BCUT2D eigenvalue weighted by Crippen LogP contribution is -2.35. The Bertz CT molecular complexity index is 951. The van der Waals surface area contributed by atoms with Crippen LogP contribution in [0.5, 0.6) is 0 Å². The van der Waals surface area contributed by atoms with E-state index in [1.165, 1.54) is 5.56 Å². The van der Waals surface area contributed by atoms with Crippen molar-refractivity contribution in [1.29, 1.82) is 0 Å². The minimum absolute atomic E-state index is 0.0557. The van der Waals surface area contributed by atoms with Gasteiger partial charge in [0.25, 0.3) is 0 Å². The third kappa shape index (κ3) is 4.91. The Kier molecular flexibility index (Phi) is 6.36. The third-order valence-electron chi connectivity index (χ3n) is 5.03. The first-order valence-corrected chi connectivity index (χ1v) is 11.0. The Labute approximate surface area is 167 Å². The molecule has 7 heteroatoms. The Hall–Kier alpha value is -2.38. The molecule has 0 aromatic heterocycles. The average Bonchev–Trinajstić information content (AvgIpc) is 2.70. The van der Waals surface area contributed by atoms with E-state index in [9.17, 15) is 13.2 Å². The number of anilines is 2. The summed E-state index contributed by atoms with van der Waals surface area (Å²) >= 11 is 0. The predicted molar refractivity (Wildman–Crippen MR) is 112 cm³/mol. The van der Waals surface area contributed by atoms with Crippen LogP contribution in [0.25, 0.3) is 0 Å². The monoisotopic (exact) mass is 401 g/mol. The second-order valence-corrected chi connectivity index (χ2v) is 9.13. The van der Waals surface area contributed by atoms with Gasteiger partial charge < -0.3 is 10.6 Å². The number of nitrogens with one attached hydrogen (secondary N) is 2. The molecule has 1 aliphatic heterocycles. The van der Waals surface area contributed by atoms with Crippen LogP contribution in [0.3, 0.4) is 0 Å². The fourth-order valence-corrected chi connectivity index (χ4v) is 4.79. The van der Waals surface area contributed by atoms with Gasteiger partial charge in [0.15, 0.2) is 0 Å². The number of amides is 1. The molecule has 0 bridgehead atoms. The summed E-state index contributed by atoms with van der Waals surface area (Å²) in [7, 11) is -3.49. The van der Waals surface area contributed by atoms with Gasteiger partial charge in [-0.05, 0) is 68.1 Å². The summed E-state index contributed by atoms with van der Waals surface area (Å²) in [4.78, 5) is 12.5. The first-order chi connectivity index (χ1) is 13.4. The fourth-order valence-electron chi connectivity index (χ4n) is 3.23. The van der Waals surface area contributed by atoms with Gasteiger partial charge in [0.2, 0.25) is 15.9 Å². The zero-order valence-electron chi connectivity index (χ0n) is 16.4. The molecule has 2 aromatic carbocycles. The number of hydrogen-bond acceptors (Lipinski definition) is 4. The molecular formula is C21H27N3O3S. The molecule has 1 amide bonds. The van der Waals surface area contributed by atoms with E-state index in [1.807, 2.05) is 32.0 Å². The highest BCUT2D eigenvalue weighted by atomic mass is 32.2. The molecule has 1 fully saturated rings. The molecule has 1 aliphatic rings. The van der Waals surface area contributed by atoms with Crippen molar-refractivity contribution in [3.63, 3.8) is 0 Å². The second-order valence-electron chi connectivity index (χ2n) is 7.19. The Morgan fingerprint density at radius 3 is 2.43 bits per heavy atom. The summed E-state index contributed by atoms with van der Waals surface area (Å²) in [6.07, 6.45) is 2.87. The zero-order valence-corrected chi connectivity index (χ0v) is 17.2. The molecule has 1 saturated heterocycles. The Morgan fingerprint density at radius 1 is 0.964 bits per heavy atom. The Balaban J connectivity index is 1.62. The molecular weight excluding hydrogens is 374 g/mol. The number of benzene rings is 2. The summed E-state index contributed by atoms with van der Waals surface area (Å²) in [5, 5.41) is 5.86. The molecule has 0 spiro atoms. The fraction of sp³-hybridized carbons (Fsp3) is 0.381. The first kappa shape index (κ1) is 20.4. The SMILES string of the molecule is Cc1ccc(NC(=O)CNc2cccc(S(=O)(=O)N3CCCCC3)c2)cc1C. The predicted octanol–water partition coefficient (Wildman–Crippen LogP) is 3.53. The standard InChI is InChI=1S/C21H27N3O3S/c1-16-9-10-19(13-17(16)2)23-21(25)15-22-18-7-6-8-20(14-18)28(26,27)24-11-4-3-5-12-24/h6-10,13-14,22H,3-5,11-12,15H2,1-2H3,(H,23,25). The van der Waals surface area contributed by atoms with E-state index < -0.39 is 10.0 Å². The molecule has 2 aromatic rings. The number of sulfonamides is 1. The van der Waals surface area contributed by atoms with E-state index in [4.69, 9.17) is 0 Å². The van der Waals surface area contributed by atoms with E-state index in [2.05, 4.69) is 10.6 Å². The summed E-state index contributed by atoms with van der Waals surface area (Å²) in [6, 6.07) is 12.4. The van der Waals surface area contributed by atoms with Crippen LogP contribution in [0.1, 0.15) is 30.4 Å². The molecule has 0 unspecified atom stereocenters. The number of rotatable bonds is 6. The van der Waals surface area contributed by atoms with Gasteiger partial charge in [-0.2, -0.15) is 4.31 Å². The van der Waals surface area contributed by atoms with E-state index in [-0.39, 0.29) is 17.3 Å². The number of nitrogens with zero attached hydrogens (tertiary/aromatic N) is 1. The average molecular weight is 402 g/mol. The molecule has 28 heavy (non-hydrogen) atoms. The highest BCUT2D eigenvalue weighted by Crippen LogP contribution is 2.23. The van der Waals surface area contributed by atoms with Crippen molar-refractivity contribution < 1.29 is 13.2 Å². The van der Waals surface area contributed by atoms with Gasteiger partial charge >= 0.3 is 0 Å². The molecule has 0 aliphatic carbocycles. The van der Waals surface area contributed by atoms with Crippen molar-refractivity contribution >= 4 is 27.3 Å². The summed E-state index contributed by atoms with van der Waals surface area (Å²) in [6.45, 7) is 5.21. The van der Waals surface area contributed by atoms with E-state index in [1.54, 1.807) is 28.6 Å². The lowest BCUT2D eigenvalue weighted by molar-refractivity contribution is -0.114. The van der Waals surface area contributed by atoms with Gasteiger partial charge in [0.1, 0.15) is 0 Å². The normalized spacial score (nSPS) is 15.2. The van der Waals surface area contributed by atoms with Crippen LogP contribution in [0.15, 0.2) is 47.4 Å². The maximum atomic E-state index is 12.8. The van der Waals surface area contributed by atoms with Crippen molar-refractivity contribution in [2.24, 2.45) is 0 Å². The molecule has 0 saturated carbocycles. The highest BCUT2D eigenvalue weighted by molar-refractivity contribution is 7.89. The molecule has 6 nitrogen and oxygen atoms in total. The van der Waals surface area contributed by atoms with Gasteiger partial charge in [-0.3, -0.25) is 4.79 Å². The van der Waals surface area contributed by atoms with Crippen LogP contribution < -0.4 is 10.6 Å². The quantitative estimate of drug-likeness (QED) is 0.776. The topological polar surface area (TPSA) is 78.5 Å². The maximum absolute atomic E-state index is 12.8. The third-order valence-corrected chi connectivity index (χ3v) is 6.93. The smallest absolute Gasteiger partial charge is 0.243 e. The second kappa shape index (κ2) is 8.75. The van der Waals surface area contributed by atoms with Gasteiger partial charge in [0.05, 0.1) is 11.4 Å². The molecule has 150 valence electrons. The van der Waals surface area contributed by atoms with Crippen molar-refractivity contribution in [2.75, 3.05) is 30.3 Å². The minimum Gasteiger partial charge on any atom is -0.376 e. The van der Waals surface area contributed by atoms with Crippen LogP contribution in [0.4, 0.5) is 11.4 Å². The van der Waals surface area contributed by atoms with E-state index in [0.717, 1.165) is 30.5 Å².